The standard InChI is InChI=1S/C29H56N8O8/c1-15(2)10-20(25(32)39)34-29(43)24(31)36-27(41)22(19(8)45-13-17(5)6)37(9)21(38)11-33-28(42)23(30)35-26(40)18(7)14-44-12-16(3)4/h15-20,22-24H,10-14,30-31H2,1-9H3,(H2,32,39)(H,33,42)(H,34,43)(H,35,40)(H,36,41)/t18-,19?,20+,22+,23+,24-/m1/s1. The summed E-state index contributed by atoms with van der Waals surface area (Å²) in [6.07, 6.45) is -3.60. The van der Waals surface area contributed by atoms with E-state index in [0.29, 0.717) is 12.5 Å². The van der Waals surface area contributed by atoms with Crippen LogP contribution >= 0.6 is 0 Å². The highest BCUT2D eigenvalue weighted by molar-refractivity contribution is 5.95. The van der Waals surface area contributed by atoms with Crippen molar-refractivity contribution < 1.29 is 38.2 Å². The van der Waals surface area contributed by atoms with Crippen LogP contribution in [0.25, 0.3) is 0 Å². The largest absolute Gasteiger partial charge is 0.380 e. The zero-order valence-corrected chi connectivity index (χ0v) is 28.2. The molecule has 0 aromatic heterocycles. The number of nitrogens with zero attached hydrogens (tertiary/aromatic N) is 1. The first-order valence-electron chi connectivity index (χ1n) is 15.2. The molecule has 16 nitrogen and oxygen atoms in total. The van der Waals surface area contributed by atoms with E-state index in [1.165, 1.54) is 7.05 Å². The van der Waals surface area contributed by atoms with Crippen LogP contribution in [0.5, 0.6) is 0 Å². The van der Waals surface area contributed by atoms with Crippen molar-refractivity contribution in [2.24, 2.45) is 40.9 Å². The average molecular weight is 645 g/mol. The molecule has 6 atom stereocenters. The highest BCUT2D eigenvalue weighted by Crippen LogP contribution is 2.11. The maximum atomic E-state index is 13.3. The lowest BCUT2D eigenvalue weighted by atomic mass is 10.0. The second-order valence-electron chi connectivity index (χ2n) is 12.5. The van der Waals surface area contributed by atoms with Crippen molar-refractivity contribution in [3.05, 3.63) is 0 Å². The van der Waals surface area contributed by atoms with Crippen LogP contribution in [-0.4, -0.2) is 104 Å². The summed E-state index contributed by atoms with van der Waals surface area (Å²) < 4.78 is 11.2. The van der Waals surface area contributed by atoms with Gasteiger partial charge in [0.25, 0.3) is 11.8 Å². The number of amides is 6. The fourth-order valence-electron chi connectivity index (χ4n) is 3.89. The molecule has 10 N–H and O–H groups in total. The lowest BCUT2D eigenvalue weighted by molar-refractivity contribution is -0.146. The summed E-state index contributed by atoms with van der Waals surface area (Å²) in [6, 6.07) is -2.26. The molecule has 16 heteroatoms. The van der Waals surface area contributed by atoms with Gasteiger partial charge in [0.1, 0.15) is 12.1 Å². The van der Waals surface area contributed by atoms with Gasteiger partial charge in [0.2, 0.25) is 23.6 Å². The van der Waals surface area contributed by atoms with Crippen LogP contribution in [-0.2, 0) is 38.2 Å². The molecule has 0 aliphatic carbocycles. The molecule has 260 valence electrons. The normalized spacial score (nSPS) is 15.4. The van der Waals surface area contributed by atoms with E-state index in [2.05, 4.69) is 21.3 Å². The number of likely N-dealkylation sites (N-methyl/N-ethyl adjacent to an activating group) is 1. The van der Waals surface area contributed by atoms with E-state index in [0.717, 1.165) is 4.90 Å². The topological polar surface area (TPSA) is 250 Å². The molecule has 1 unspecified atom stereocenters. The SMILES string of the molecule is CC(C)COC[C@@H](C)C(=O)N[C@H](N)C(=O)NCC(=O)N(C)[C@H](C(=O)N[C@@H](N)C(=O)N[C@@H](CC(C)C)C(N)=O)C(C)OCC(C)C. The van der Waals surface area contributed by atoms with Crippen LogP contribution in [0.2, 0.25) is 0 Å². The van der Waals surface area contributed by atoms with Gasteiger partial charge in [-0.15, -0.1) is 0 Å². The lowest BCUT2D eigenvalue weighted by Crippen LogP contribution is -2.62. The van der Waals surface area contributed by atoms with Gasteiger partial charge in [0.05, 0.1) is 25.2 Å². The molecular weight excluding hydrogens is 588 g/mol. The zero-order valence-electron chi connectivity index (χ0n) is 28.2. The molecule has 0 spiro atoms. The average Bonchev–Trinajstić information content (AvgIpc) is 2.93. The van der Waals surface area contributed by atoms with Gasteiger partial charge in [-0.3, -0.25) is 28.8 Å². The molecule has 0 bridgehead atoms. The summed E-state index contributed by atoms with van der Waals surface area (Å²) in [5.41, 5.74) is 17.1. The number of primary amides is 1. The van der Waals surface area contributed by atoms with Crippen molar-refractivity contribution in [3.63, 3.8) is 0 Å². The highest BCUT2D eigenvalue weighted by Gasteiger charge is 2.35. The van der Waals surface area contributed by atoms with Gasteiger partial charge in [-0.05, 0) is 31.1 Å². The summed E-state index contributed by atoms with van der Waals surface area (Å²) in [4.78, 5) is 76.7. The van der Waals surface area contributed by atoms with Crippen molar-refractivity contribution >= 4 is 35.4 Å². The van der Waals surface area contributed by atoms with E-state index in [4.69, 9.17) is 26.7 Å². The molecule has 0 aromatic rings. The van der Waals surface area contributed by atoms with Crippen LogP contribution in [0.3, 0.4) is 0 Å². The van der Waals surface area contributed by atoms with Gasteiger partial charge >= 0.3 is 0 Å². The Bertz CT molecular complexity index is 993. The molecule has 0 radical (unpaired) electrons. The maximum Gasteiger partial charge on any atom is 0.258 e. The van der Waals surface area contributed by atoms with Crippen LogP contribution < -0.4 is 38.5 Å². The second-order valence-corrected chi connectivity index (χ2v) is 12.5. The van der Waals surface area contributed by atoms with E-state index in [1.807, 2.05) is 41.5 Å². The predicted octanol–water partition coefficient (Wildman–Crippen LogP) is -1.88. The minimum Gasteiger partial charge on any atom is -0.380 e. The molecule has 0 saturated heterocycles. The summed E-state index contributed by atoms with van der Waals surface area (Å²) in [7, 11) is 1.33. The van der Waals surface area contributed by atoms with Crippen LogP contribution in [0.1, 0.15) is 61.8 Å². The molecule has 0 heterocycles. The Hall–Kier alpha value is -3.34. The first kappa shape index (κ1) is 41.7. The Morgan fingerprint density at radius 1 is 0.689 bits per heavy atom. The van der Waals surface area contributed by atoms with Crippen LogP contribution in [0.4, 0.5) is 0 Å². The first-order valence-corrected chi connectivity index (χ1v) is 15.2. The molecular formula is C29H56N8O8. The molecule has 0 aliphatic rings. The monoisotopic (exact) mass is 644 g/mol. The van der Waals surface area contributed by atoms with Crippen LogP contribution in [0, 0.1) is 23.7 Å². The number of ether oxygens (including phenoxy) is 2. The number of carbonyl (C=O) groups is 6. The van der Waals surface area contributed by atoms with Gasteiger partial charge in [-0.1, -0.05) is 48.5 Å². The summed E-state index contributed by atoms with van der Waals surface area (Å²) in [6.45, 7) is 15.0. The lowest BCUT2D eigenvalue weighted by Gasteiger charge is -2.33. The van der Waals surface area contributed by atoms with Gasteiger partial charge < -0.3 is 52.8 Å². The number of nitrogens with two attached hydrogens (primary N) is 3. The quantitative estimate of drug-likeness (QED) is 0.0685. The number of carbonyl (C=O) groups excluding carboxylic acids is 6. The molecule has 0 rings (SSSR count). The first-order chi connectivity index (χ1) is 20.8. The Labute approximate surface area is 266 Å². The smallest absolute Gasteiger partial charge is 0.258 e. The fourth-order valence-corrected chi connectivity index (χ4v) is 3.89. The molecule has 0 aromatic carbocycles. The minimum absolute atomic E-state index is 0.0423. The molecule has 0 aliphatic heterocycles. The Morgan fingerprint density at radius 3 is 1.73 bits per heavy atom. The molecule has 45 heavy (non-hydrogen) atoms. The van der Waals surface area contributed by atoms with Crippen molar-refractivity contribution in [1.82, 2.24) is 26.2 Å². The van der Waals surface area contributed by atoms with Crippen LogP contribution in [0.15, 0.2) is 0 Å². The number of nitrogens with one attached hydrogen (secondary N) is 4. The van der Waals surface area contributed by atoms with Crippen molar-refractivity contribution in [2.75, 3.05) is 33.4 Å². The third kappa shape index (κ3) is 16.5. The highest BCUT2D eigenvalue weighted by atomic mass is 16.5. The molecule has 6 amide bonds. The van der Waals surface area contributed by atoms with E-state index >= 15 is 0 Å². The predicted molar refractivity (Wildman–Crippen MR) is 167 cm³/mol. The summed E-state index contributed by atoms with van der Waals surface area (Å²) >= 11 is 0. The number of hydrogen-bond donors (Lipinski definition) is 7. The Kier molecular flexibility index (Phi) is 19.1. The maximum absolute atomic E-state index is 13.3. The third-order valence-corrected chi connectivity index (χ3v) is 6.42. The van der Waals surface area contributed by atoms with Gasteiger partial charge in [-0.25, -0.2) is 0 Å². The molecule has 0 saturated carbocycles. The zero-order chi connectivity index (χ0) is 35.0. The second kappa shape index (κ2) is 20.6. The summed E-state index contributed by atoms with van der Waals surface area (Å²) in [5, 5.41) is 9.51. The van der Waals surface area contributed by atoms with E-state index in [1.54, 1.807) is 13.8 Å². The molecule has 0 fully saturated rings. The van der Waals surface area contributed by atoms with Gasteiger partial charge in [-0.2, -0.15) is 0 Å². The fraction of sp³-hybridized carbons (Fsp3) is 0.793. The number of hydrogen-bond acceptors (Lipinski definition) is 10. The van der Waals surface area contributed by atoms with Gasteiger partial charge in [0, 0.05) is 20.3 Å². The Balaban J connectivity index is 5.43. The third-order valence-electron chi connectivity index (χ3n) is 6.42. The summed E-state index contributed by atoms with van der Waals surface area (Å²) in [5.74, 6) is -4.54. The van der Waals surface area contributed by atoms with Crippen molar-refractivity contribution in [2.45, 2.75) is 92.3 Å². The van der Waals surface area contributed by atoms with Gasteiger partial charge in [0.15, 0.2) is 12.3 Å². The van der Waals surface area contributed by atoms with Crippen molar-refractivity contribution in [1.29, 1.82) is 0 Å². The van der Waals surface area contributed by atoms with E-state index in [-0.39, 0.29) is 31.5 Å². The van der Waals surface area contributed by atoms with E-state index in [9.17, 15) is 28.8 Å². The van der Waals surface area contributed by atoms with E-state index < -0.39 is 78.4 Å². The Morgan fingerprint density at radius 2 is 1.22 bits per heavy atom. The minimum atomic E-state index is -1.57. The number of rotatable bonds is 21. The van der Waals surface area contributed by atoms with Crippen molar-refractivity contribution in [3.8, 4) is 0 Å².